The van der Waals surface area contributed by atoms with Crippen LogP contribution in [0.25, 0.3) is 0 Å². The number of hydrogen-bond acceptors (Lipinski definition) is 3. The molecule has 1 atom stereocenters. The second-order valence-corrected chi connectivity index (χ2v) is 4.13. The van der Waals surface area contributed by atoms with Gasteiger partial charge in [-0.2, -0.15) is 0 Å². The molecule has 1 rings (SSSR count). The predicted molar refractivity (Wildman–Crippen MR) is 72.8 cm³/mol. The molecule has 1 amide bonds. The second-order valence-electron chi connectivity index (χ2n) is 4.13. The Kier molecular flexibility index (Phi) is 6.22. The van der Waals surface area contributed by atoms with E-state index in [0.717, 1.165) is 24.3 Å². The van der Waals surface area contributed by atoms with Crippen LogP contribution in [-0.4, -0.2) is 32.1 Å². The lowest BCUT2D eigenvalue weighted by Crippen LogP contribution is -2.42. The van der Waals surface area contributed by atoms with E-state index >= 15 is 0 Å². The summed E-state index contributed by atoms with van der Waals surface area (Å²) in [5.41, 5.74) is 1.15. The summed E-state index contributed by atoms with van der Waals surface area (Å²) in [6.07, 6.45) is 0.841. The van der Waals surface area contributed by atoms with Crippen LogP contribution in [0.4, 0.5) is 0 Å². The van der Waals surface area contributed by atoms with Gasteiger partial charge >= 0.3 is 0 Å². The Morgan fingerprint density at radius 3 is 2.78 bits per heavy atom. The van der Waals surface area contributed by atoms with E-state index in [-0.39, 0.29) is 11.9 Å². The van der Waals surface area contributed by atoms with E-state index < -0.39 is 0 Å². The molecule has 0 saturated heterocycles. The summed E-state index contributed by atoms with van der Waals surface area (Å²) in [7, 11) is 1.67. The van der Waals surface area contributed by atoms with Crippen LogP contribution in [-0.2, 0) is 11.2 Å². The molecule has 1 aromatic rings. The fourth-order valence-corrected chi connectivity index (χ4v) is 1.75. The number of hydrogen-bond donors (Lipinski definition) is 2. The molecule has 4 nitrogen and oxygen atoms in total. The smallest absolute Gasteiger partial charge is 0.236 e. The van der Waals surface area contributed by atoms with E-state index in [1.54, 1.807) is 7.11 Å². The molecule has 18 heavy (non-hydrogen) atoms. The van der Waals surface area contributed by atoms with E-state index in [0.29, 0.717) is 6.54 Å². The van der Waals surface area contributed by atoms with Crippen molar-refractivity contribution in [3.8, 4) is 5.75 Å². The van der Waals surface area contributed by atoms with Crippen LogP contribution in [0.15, 0.2) is 24.3 Å². The zero-order chi connectivity index (χ0) is 13.4. The number of ether oxygens (including phenoxy) is 1. The molecular formula is C14H22N2O2. The van der Waals surface area contributed by atoms with Crippen LogP contribution in [0, 0.1) is 0 Å². The van der Waals surface area contributed by atoms with Crippen molar-refractivity contribution in [2.24, 2.45) is 0 Å². The van der Waals surface area contributed by atoms with E-state index in [9.17, 15) is 4.79 Å². The standard InChI is InChI=1S/C14H22N2O2/c1-4-15-14(17)11(2)16-10-9-12-7-5-6-8-13(12)18-3/h5-8,11,16H,4,9-10H2,1-3H3,(H,15,17). The third kappa shape index (κ3) is 4.37. The van der Waals surface area contributed by atoms with Gasteiger partial charge in [0, 0.05) is 13.1 Å². The molecule has 0 fully saturated rings. The highest BCUT2D eigenvalue weighted by Gasteiger charge is 2.10. The Bertz CT molecular complexity index is 380. The molecule has 1 unspecified atom stereocenters. The fraction of sp³-hybridized carbons (Fsp3) is 0.500. The fourth-order valence-electron chi connectivity index (χ4n) is 1.75. The number of likely N-dealkylation sites (N-methyl/N-ethyl adjacent to an activating group) is 1. The predicted octanol–water partition coefficient (Wildman–Crippen LogP) is 1.35. The van der Waals surface area contributed by atoms with Gasteiger partial charge in [0.25, 0.3) is 0 Å². The Morgan fingerprint density at radius 1 is 1.39 bits per heavy atom. The summed E-state index contributed by atoms with van der Waals surface area (Å²) in [6.45, 7) is 5.20. The first-order chi connectivity index (χ1) is 8.69. The highest BCUT2D eigenvalue weighted by Crippen LogP contribution is 2.17. The molecule has 0 aromatic heterocycles. The lowest BCUT2D eigenvalue weighted by Gasteiger charge is -2.14. The number of carbonyl (C=O) groups excluding carboxylic acids is 1. The van der Waals surface area contributed by atoms with Gasteiger partial charge in [-0.05, 0) is 31.9 Å². The van der Waals surface area contributed by atoms with Gasteiger partial charge in [0.1, 0.15) is 5.75 Å². The zero-order valence-corrected chi connectivity index (χ0v) is 11.3. The molecule has 0 aliphatic carbocycles. The first-order valence-electron chi connectivity index (χ1n) is 6.32. The Hall–Kier alpha value is -1.55. The number of benzene rings is 1. The largest absolute Gasteiger partial charge is 0.496 e. The molecule has 0 bridgehead atoms. The first kappa shape index (κ1) is 14.5. The second kappa shape index (κ2) is 7.71. The maximum absolute atomic E-state index is 11.5. The van der Waals surface area contributed by atoms with Crippen molar-refractivity contribution in [3.63, 3.8) is 0 Å². The van der Waals surface area contributed by atoms with Gasteiger partial charge in [-0.3, -0.25) is 4.79 Å². The van der Waals surface area contributed by atoms with Crippen LogP contribution >= 0.6 is 0 Å². The molecule has 0 heterocycles. The summed E-state index contributed by atoms with van der Waals surface area (Å²) < 4.78 is 5.28. The molecule has 4 heteroatoms. The number of methoxy groups -OCH3 is 1. The lowest BCUT2D eigenvalue weighted by atomic mass is 10.1. The Labute approximate surface area is 109 Å². The SMILES string of the molecule is CCNC(=O)C(C)NCCc1ccccc1OC. The number of para-hydroxylation sites is 1. The van der Waals surface area contributed by atoms with Gasteiger partial charge in [-0.15, -0.1) is 0 Å². The number of amides is 1. The zero-order valence-electron chi connectivity index (χ0n) is 11.3. The minimum absolute atomic E-state index is 0.0394. The summed E-state index contributed by atoms with van der Waals surface area (Å²) in [4.78, 5) is 11.5. The highest BCUT2D eigenvalue weighted by molar-refractivity contribution is 5.81. The van der Waals surface area contributed by atoms with Gasteiger partial charge in [0.05, 0.1) is 13.2 Å². The number of nitrogens with one attached hydrogen (secondary N) is 2. The third-order valence-electron chi connectivity index (χ3n) is 2.78. The molecule has 100 valence electrons. The average Bonchev–Trinajstić information content (AvgIpc) is 2.39. The van der Waals surface area contributed by atoms with Crippen LogP contribution in [0.2, 0.25) is 0 Å². The number of carbonyl (C=O) groups is 1. The Balaban J connectivity index is 2.39. The van der Waals surface area contributed by atoms with Gasteiger partial charge in [-0.25, -0.2) is 0 Å². The number of rotatable bonds is 7. The van der Waals surface area contributed by atoms with Crippen molar-refractivity contribution < 1.29 is 9.53 Å². The normalized spacial score (nSPS) is 11.9. The van der Waals surface area contributed by atoms with Crippen LogP contribution in [0.5, 0.6) is 5.75 Å². The summed E-state index contributed by atoms with van der Waals surface area (Å²) >= 11 is 0. The third-order valence-corrected chi connectivity index (χ3v) is 2.78. The molecular weight excluding hydrogens is 228 g/mol. The molecule has 1 aromatic carbocycles. The molecule has 0 aliphatic heterocycles. The maximum atomic E-state index is 11.5. The molecule has 2 N–H and O–H groups in total. The van der Waals surface area contributed by atoms with E-state index in [1.165, 1.54) is 0 Å². The van der Waals surface area contributed by atoms with Crippen molar-refractivity contribution in [1.29, 1.82) is 0 Å². The van der Waals surface area contributed by atoms with Gasteiger partial charge in [-0.1, -0.05) is 18.2 Å². The van der Waals surface area contributed by atoms with Crippen LogP contribution < -0.4 is 15.4 Å². The minimum Gasteiger partial charge on any atom is -0.496 e. The quantitative estimate of drug-likeness (QED) is 0.768. The van der Waals surface area contributed by atoms with Gasteiger partial charge in [0.15, 0.2) is 0 Å². The van der Waals surface area contributed by atoms with Crippen molar-refractivity contribution >= 4 is 5.91 Å². The van der Waals surface area contributed by atoms with Crippen molar-refractivity contribution in [2.75, 3.05) is 20.2 Å². The van der Waals surface area contributed by atoms with Gasteiger partial charge < -0.3 is 15.4 Å². The van der Waals surface area contributed by atoms with E-state index in [2.05, 4.69) is 10.6 Å². The monoisotopic (exact) mass is 250 g/mol. The van der Waals surface area contributed by atoms with Crippen molar-refractivity contribution in [3.05, 3.63) is 29.8 Å². The molecule has 0 radical (unpaired) electrons. The average molecular weight is 250 g/mol. The van der Waals surface area contributed by atoms with Crippen molar-refractivity contribution in [2.45, 2.75) is 26.3 Å². The summed E-state index contributed by atoms with van der Waals surface area (Å²) in [5.74, 6) is 0.933. The molecule has 0 spiro atoms. The van der Waals surface area contributed by atoms with E-state index in [1.807, 2.05) is 38.1 Å². The highest BCUT2D eigenvalue weighted by atomic mass is 16.5. The molecule has 0 aliphatic rings. The van der Waals surface area contributed by atoms with Gasteiger partial charge in [0.2, 0.25) is 5.91 Å². The summed E-state index contributed by atoms with van der Waals surface area (Å²) in [5, 5.41) is 5.99. The Morgan fingerprint density at radius 2 is 2.11 bits per heavy atom. The molecule has 0 saturated carbocycles. The first-order valence-corrected chi connectivity index (χ1v) is 6.32. The lowest BCUT2D eigenvalue weighted by molar-refractivity contribution is -0.122. The van der Waals surface area contributed by atoms with Crippen molar-refractivity contribution in [1.82, 2.24) is 10.6 Å². The van der Waals surface area contributed by atoms with Crippen LogP contribution in [0.1, 0.15) is 19.4 Å². The summed E-state index contributed by atoms with van der Waals surface area (Å²) in [6, 6.07) is 7.76. The minimum atomic E-state index is -0.167. The maximum Gasteiger partial charge on any atom is 0.236 e. The van der Waals surface area contributed by atoms with Crippen LogP contribution in [0.3, 0.4) is 0 Å². The van der Waals surface area contributed by atoms with E-state index in [4.69, 9.17) is 4.74 Å². The topological polar surface area (TPSA) is 50.4 Å².